The van der Waals surface area contributed by atoms with Crippen LogP contribution >= 0.6 is 11.8 Å². The Kier molecular flexibility index (Phi) is 5.47. The minimum absolute atomic E-state index is 0.0264. The van der Waals surface area contributed by atoms with E-state index in [1.165, 1.54) is 0 Å². The molecule has 1 fully saturated rings. The summed E-state index contributed by atoms with van der Waals surface area (Å²) in [5.41, 5.74) is 0. The van der Waals surface area contributed by atoms with Gasteiger partial charge in [0.05, 0.1) is 11.4 Å². The molecular weight excluding hydrogens is 210 g/mol. The normalized spacial score (nSPS) is 28.5. The fourth-order valence-electron chi connectivity index (χ4n) is 1.94. The van der Waals surface area contributed by atoms with Crippen molar-refractivity contribution in [2.45, 2.75) is 44.0 Å². The number of rotatable bonds is 4. The van der Waals surface area contributed by atoms with Crippen LogP contribution in [-0.4, -0.2) is 35.2 Å². The summed E-state index contributed by atoms with van der Waals surface area (Å²) in [6.07, 6.45) is 5.76. The second-order valence-corrected chi connectivity index (χ2v) is 5.49. The van der Waals surface area contributed by atoms with Crippen LogP contribution in [0, 0.1) is 5.92 Å². The van der Waals surface area contributed by atoms with Crippen LogP contribution in [-0.2, 0) is 4.79 Å². The van der Waals surface area contributed by atoms with Gasteiger partial charge in [-0.3, -0.25) is 4.79 Å². The van der Waals surface area contributed by atoms with Crippen LogP contribution in [0.1, 0.15) is 32.6 Å². The molecular formula is C11H21NO2S. The highest BCUT2D eigenvalue weighted by Gasteiger charge is 2.21. The summed E-state index contributed by atoms with van der Waals surface area (Å²) in [4.78, 5) is 11.5. The Balaban J connectivity index is 2.21. The first-order valence-electron chi connectivity index (χ1n) is 5.62. The quantitative estimate of drug-likeness (QED) is 0.769. The molecule has 0 radical (unpaired) electrons. The molecule has 1 rings (SSSR count). The van der Waals surface area contributed by atoms with E-state index < -0.39 is 0 Å². The maximum atomic E-state index is 11.5. The number of hydrogen-bond acceptors (Lipinski definition) is 3. The van der Waals surface area contributed by atoms with Crippen LogP contribution in [0.4, 0.5) is 0 Å². The minimum Gasteiger partial charge on any atom is -0.393 e. The van der Waals surface area contributed by atoms with Gasteiger partial charge in [-0.05, 0) is 38.4 Å². The molecule has 0 aromatic carbocycles. The van der Waals surface area contributed by atoms with E-state index in [-0.39, 0.29) is 17.3 Å². The number of thioether (sulfide) groups is 1. The molecule has 1 saturated carbocycles. The van der Waals surface area contributed by atoms with E-state index in [2.05, 4.69) is 5.32 Å². The van der Waals surface area contributed by atoms with Crippen LogP contribution in [0.5, 0.6) is 0 Å². The summed E-state index contributed by atoms with van der Waals surface area (Å²) in [5.74, 6) is 0.578. The molecule has 0 heterocycles. The number of aliphatic hydroxyl groups is 1. The number of carbonyl (C=O) groups is 1. The first-order valence-corrected chi connectivity index (χ1v) is 6.90. The molecule has 1 aliphatic carbocycles. The third-order valence-corrected chi connectivity index (χ3v) is 3.96. The monoisotopic (exact) mass is 231 g/mol. The molecule has 0 aliphatic heterocycles. The summed E-state index contributed by atoms with van der Waals surface area (Å²) in [5, 5.41) is 12.5. The highest BCUT2D eigenvalue weighted by molar-refractivity contribution is 7.99. The van der Waals surface area contributed by atoms with Gasteiger partial charge in [0.25, 0.3) is 0 Å². The van der Waals surface area contributed by atoms with Gasteiger partial charge in [-0.1, -0.05) is 6.42 Å². The summed E-state index contributed by atoms with van der Waals surface area (Å²) < 4.78 is 0. The van der Waals surface area contributed by atoms with E-state index in [0.717, 1.165) is 32.2 Å². The molecule has 3 nitrogen and oxygen atoms in total. The Labute approximate surface area is 96.0 Å². The van der Waals surface area contributed by atoms with Gasteiger partial charge >= 0.3 is 0 Å². The van der Waals surface area contributed by atoms with Crippen molar-refractivity contribution in [2.24, 2.45) is 5.92 Å². The zero-order valence-electron chi connectivity index (χ0n) is 9.53. The number of carbonyl (C=O) groups excluding carboxylic acids is 1. The van der Waals surface area contributed by atoms with E-state index in [4.69, 9.17) is 0 Å². The maximum absolute atomic E-state index is 11.5. The number of aliphatic hydroxyl groups excluding tert-OH is 1. The highest BCUT2D eigenvalue weighted by Crippen LogP contribution is 2.23. The van der Waals surface area contributed by atoms with Crippen LogP contribution in [0.3, 0.4) is 0 Å². The second kappa shape index (κ2) is 6.38. The fourth-order valence-corrected chi connectivity index (χ4v) is 2.24. The first kappa shape index (κ1) is 12.8. The zero-order chi connectivity index (χ0) is 11.3. The molecule has 2 N–H and O–H groups in total. The van der Waals surface area contributed by atoms with Crippen molar-refractivity contribution in [1.29, 1.82) is 0 Å². The number of nitrogens with one attached hydrogen (secondary N) is 1. The van der Waals surface area contributed by atoms with E-state index >= 15 is 0 Å². The Hall–Kier alpha value is -0.220. The van der Waals surface area contributed by atoms with Crippen molar-refractivity contribution in [1.82, 2.24) is 5.32 Å². The molecule has 1 aliphatic rings. The van der Waals surface area contributed by atoms with E-state index in [1.54, 1.807) is 11.8 Å². The topological polar surface area (TPSA) is 49.3 Å². The van der Waals surface area contributed by atoms with Crippen molar-refractivity contribution in [2.75, 3.05) is 12.8 Å². The van der Waals surface area contributed by atoms with Gasteiger partial charge in [-0.15, -0.1) is 0 Å². The Morgan fingerprint density at radius 3 is 2.93 bits per heavy atom. The van der Waals surface area contributed by atoms with Crippen molar-refractivity contribution in [3.8, 4) is 0 Å². The number of amides is 1. The number of hydrogen-bond donors (Lipinski definition) is 2. The summed E-state index contributed by atoms with van der Waals surface area (Å²) in [6.45, 7) is 2.64. The van der Waals surface area contributed by atoms with Crippen LogP contribution < -0.4 is 5.32 Å². The molecule has 0 spiro atoms. The minimum atomic E-state index is -0.154. The van der Waals surface area contributed by atoms with Crippen molar-refractivity contribution < 1.29 is 9.90 Å². The zero-order valence-corrected chi connectivity index (χ0v) is 10.3. The highest BCUT2D eigenvalue weighted by atomic mass is 32.2. The standard InChI is InChI=1S/C11H21NO2S/c1-8(15-2)11(14)12-7-9-4-3-5-10(13)6-9/h8-10,13H,3-7H2,1-2H3,(H,12,14). The third-order valence-electron chi connectivity index (χ3n) is 3.04. The Bertz CT molecular complexity index is 211. The van der Waals surface area contributed by atoms with Gasteiger partial charge in [-0.2, -0.15) is 11.8 Å². The maximum Gasteiger partial charge on any atom is 0.232 e. The molecule has 0 bridgehead atoms. The summed E-state index contributed by atoms with van der Waals surface area (Å²) in [6, 6.07) is 0. The molecule has 3 atom stereocenters. The Morgan fingerprint density at radius 1 is 1.60 bits per heavy atom. The fraction of sp³-hybridized carbons (Fsp3) is 0.909. The van der Waals surface area contributed by atoms with Gasteiger partial charge in [0, 0.05) is 6.54 Å². The smallest absolute Gasteiger partial charge is 0.232 e. The van der Waals surface area contributed by atoms with Crippen LogP contribution in [0.2, 0.25) is 0 Å². The van der Waals surface area contributed by atoms with Gasteiger partial charge < -0.3 is 10.4 Å². The predicted molar refractivity (Wildman–Crippen MR) is 64.0 cm³/mol. The second-order valence-electron chi connectivity index (χ2n) is 4.31. The van der Waals surface area contributed by atoms with Crippen molar-refractivity contribution in [3.63, 3.8) is 0 Å². The molecule has 0 aromatic rings. The molecule has 0 aromatic heterocycles. The van der Waals surface area contributed by atoms with Crippen molar-refractivity contribution in [3.05, 3.63) is 0 Å². The molecule has 4 heteroatoms. The van der Waals surface area contributed by atoms with Crippen LogP contribution in [0.25, 0.3) is 0 Å². The average Bonchev–Trinajstić information content (AvgIpc) is 2.25. The molecule has 3 unspecified atom stereocenters. The largest absolute Gasteiger partial charge is 0.393 e. The molecule has 0 saturated heterocycles. The van der Waals surface area contributed by atoms with E-state index in [0.29, 0.717) is 5.92 Å². The van der Waals surface area contributed by atoms with Gasteiger partial charge in [0.15, 0.2) is 0 Å². The van der Waals surface area contributed by atoms with Gasteiger partial charge in [0.1, 0.15) is 0 Å². The predicted octanol–water partition coefficient (Wildman–Crippen LogP) is 1.41. The third kappa shape index (κ3) is 4.43. The van der Waals surface area contributed by atoms with Crippen LogP contribution in [0.15, 0.2) is 0 Å². The average molecular weight is 231 g/mol. The molecule has 1 amide bonds. The lowest BCUT2D eigenvalue weighted by Gasteiger charge is -2.26. The van der Waals surface area contributed by atoms with Gasteiger partial charge in [-0.25, -0.2) is 0 Å². The molecule has 15 heavy (non-hydrogen) atoms. The summed E-state index contributed by atoms with van der Waals surface area (Å²) in [7, 11) is 0. The van der Waals surface area contributed by atoms with E-state index in [1.807, 2.05) is 13.2 Å². The lowest BCUT2D eigenvalue weighted by atomic mass is 9.87. The molecule has 88 valence electrons. The van der Waals surface area contributed by atoms with E-state index in [9.17, 15) is 9.90 Å². The lowest BCUT2D eigenvalue weighted by Crippen LogP contribution is -2.36. The summed E-state index contributed by atoms with van der Waals surface area (Å²) >= 11 is 1.56. The van der Waals surface area contributed by atoms with Crippen molar-refractivity contribution >= 4 is 17.7 Å². The SMILES string of the molecule is CSC(C)C(=O)NCC1CCCC(O)C1. The Morgan fingerprint density at radius 2 is 2.33 bits per heavy atom. The van der Waals surface area contributed by atoms with Gasteiger partial charge in [0.2, 0.25) is 5.91 Å². The first-order chi connectivity index (χ1) is 7.13. The lowest BCUT2D eigenvalue weighted by molar-refractivity contribution is -0.120.